The minimum atomic E-state index is -0.912. The summed E-state index contributed by atoms with van der Waals surface area (Å²) in [5.41, 5.74) is 0.285. The minimum absolute atomic E-state index is 0.285. The van der Waals surface area contributed by atoms with Crippen LogP contribution in [0.1, 0.15) is 62.2 Å². The molecule has 1 aromatic rings. The van der Waals surface area contributed by atoms with Gasteiger partial charge in [0.05, 0.1) is 12.2 Å². The quantitative estimate of drug-likeness (QED) is 0.539. The van der Waals surface area contributed by atoms with Crippen LogP contribution in [0.15, 0.2) is 24.3 Å². The molecule has 0 saturated carbocycles. The molecule has 0 aliphatic carbocycles. The van der Waals surface area contributed by atoms with Crippen molar-refractivity contribution in [3.63, 3.8) is 0 Å². The Hall–Kier alpha value is -1.55. The first kappa shape index (κ1) is 18.5. The lowest BCUT2D eigenvalue weighted by molar-refractivity contribution is 0.0697. The number of nitrogens with one attached hydrogen (secondary N) is 1. The van der Waals surface area contributed by atoms with Crippen LogP contribution in [0.4, 0.5) is 0 Å². The van der Waals surface area contributed by atoms with E-state index in [1.165, 1.54) is 38.5 Å². The van der Waals surface area contributed by atoms with E-state index in [0.29, 0.717) is 6.61 Å². The first-order valence-corrected chi connectivity index (χ1v) is 8.41. The molecule has 0 spiro atoms. The molecule has 0 aliphatic heterocycles. The molecule has 0 aliphatic rings. The van der Waals surface area contributed by atoms with Gasteiger partial charge >= 0.3 is 5.97 Å². The summed E-state index contributed by atoms with van der Waals surface area (Å²) < 4.78 is 5.58. The van der Waals surface area contributed by atoms with Crippen molar-refractivity contribution in [3.05, 3.63) is 29.8 Å². The molecule has 124 valence electrons. The summed E-state index contributed by atoms with van der Waals surface area (Å²) in [6.07, 6.45) is 8.91. The molecule has 0 atom stereocenters. The molecule has 0 radical (unpaired) electrons. The van der Waals surface area contributed by atoms with Crippen LogP contribution in [0.3, 0.4) is 0 Å². The Morgan fingerprint density at radius 1 is 1.00 bits per heavy atom. The van der Waals surface area contributed by atoms with Crippen molar-refractivity contribution in [3.8, 4) is 5.75 Å². The van der Waals surface area contributed by atoms with Crippen LogP contribution < -0.4 is 10.1 Å². The van der Waals surface area contributed by atoms with Gasteiger partial charge in [-0.05, 0) is 50.2 Å². The van der Waals surface area contributed by atoms with Gasteiger partial charge in [-0.1, -0.05) is 39.0 Å². The van der Waals surface area contributed by atoms with Gasteiger partial charge in [-0.15, -0.1) is 0 Å². The van der Waals surface area contributed by atoms with Crippen LogP contribution in [0.2, 0.25) is 0 Å². The monoisotopic (exact) mass is 307 g/mol. The Morgan fingerprint density at radius 2 is 1.64 bits per heavy atom. The van der Waals surface area contributed by atoms with E-state index in [2.05, 4.69) is 12.2 Å². The summed E-state index contributed by atoms with van der Waals surface area (Å²) in [4.78, 5) is 10.7. The number of aromatic carboxylic acids is 1. The molecule has 4 heteroatoms. The van der Waals surface area contributed by atoms with Gasteiger partial charge in [-0.3, -0.25) is 0 Å². The van der Waals surface area contributed by atoms with E-state index in [4.69, 9.17) is 9.84 Å². The van der Waals surface area contributed by atoms with Gasteiger partial charge in [0.15, 0.2) is 0 Å². The molecular weight excluding hydrogens is 278 g/mol. The first-order chi connectivity index (χ1) is 10.7. The van der Waals surface area contributed by atoms with Gasteiger partial charge in [0.2, 0.25) is 0 Å². The highest BCUT2D eigenvalue weighted by Crippen LogP contribution is 2.12. The third kappa shape index (κ3) is 8.67. The molecule has 1 aromatic carbocycles. The molecule has 1 rings (SSSR count). The number of carbonyl (C=O) groups is 1. The van der Waals surface area contributed by atoms with Crippen LogP contribution >= 0.6 is 0 Å². The molecule has 0 heterocycles. The number of rotatable bonds is 13. The fourth-order valence-electron chi connectivity index (χ4n) is 2.24. The Labute approximate surface area is 133 Å². The first-order valence-electron chi connectivity index (χ1n) is 8.41. The summed E-state index contributed by atoms with van der Waals surface area (Å²) >= 11 is 0. The molecule has 4 nitrogen and oxygen atoms in total. The summed E-state index contributed by atoms with van der Waals surface area (Å²) in [6.45, 7) is 4.93. The number of hydrogen-bond acceptors (Lipinski definition) is 3. The minimum Gasteiger partial charge on any atom is -0.494 e. The van der Waals surface area contributed by atoms with E-state index in [9.17, 15) is 4.79 Å². The maximum atomic E-state index is 10.7. The largest absolute Gasteiger partial charge is 0.494 e. The average Bonchev–Trinajstić information content (AvgIpc) is 2.53. The van der Waals surface area contributed by atoms with Crippen LogP contribution in [0.25, 0.3) is 0 Å². The fraction of sp³-hybridized carbons (Fsp3) is 0.611. The Balaban J connectivity index is 1.94. The van der Waals surface area contributed by atoms with Crippen molar-refractivity contribution in [1.29, 1.82) is 0 Å². The van der Waals surface area contributed by atoms with Gasteiger partial charge in [0.1, 0.15) is 5.75 Å². The summed E-state index contributed by atoms with van der Waals surface area (Å²) in [5.74, 6) is -0.189. The number of carboxylic acids is 1. The lowest BCUT2D eigenvalue weighted by Crippen LogP contribution is -2.18. The van der Waals surface area contributed by atoms with Crippen LogP contribution in [-0.4, -0.2) is 30.8 Å². The van der Waals surface area contributed by atoms with Crippen molar-refractivity contribution in [2.45, 2.75) is 51.9 Å². The van der Waals surface area contributed by atoms with Gasteiger partial charge in [-0.25, -0.2) is 4.79 Å². The lowest BCUT2D eigenvalue weighted by atomic mass is 10.1. The molecule has 0 fully saturated rings. The summed E-state index contributed by atoms with van der Waals surface area (Å²) in [6, 6.07) is 6.53. The van der Waals surface area contributed by atoms with Crippen LogP contribution in [-0.2, 0) is 0 Å². The Bertz CT molecular complexity index is 403. The SMILES string of the molecule is CCCCCCCCNCCCOc1ccc(C(=O)O)cc1. The zero-order valence-electron chi connectivity index (χ0n) is 13.6. The smallest absolute Gasteiger partial charge is 0.335 e. The molecule has 0 amide bonds. The number of unbranched alkanes of at least 4 members (excludes halogenated alkanes) is 5. The van der Waals surface area contributed by atoms with Gasteiger partial charge in [-0.2, -0.15) is 0 Å². The average molecular weight is 307 g/mol. The van der Waals surface area contributed by atoms with E-state index in [-0.39, 0.29) is 5.56 Å². The van der Waals surface area contributed by atoms with Crippen molar-refractivity contribution < 1.29 is 14.6 Å². The standard InChI is InChI=1S/C18H29NO3/c1-2-3-4-5-6-7-13-19-14-8-15-22-17-11-9-16(10-12-17)18(20)21/h9-12,19H,2-8,13-15H2,1H3,(H,20,21). The summed E-state index contributed by atoms with van der Waals surface area (Å²) in [7, 11) is 0. The number of benzene rings is 1. The maximum Gasteiger partial charge on any atom is 0.335 e. The van der Waals surface area contributed by atoms with Gasteiger partial charge < -0.3 is 15.2 Å². The van der Waals surface area contributed by atoms with Gasteiger partial charge in [0.25, 0.3) is 0 Å². The van der Waals surface area contributed by atoms with Crippen molar-refractivity contribution in [2.75, 3.05) is 19.7 Å². The van der Waals surface area contributed by atoms with Crippen molar-refractivity contribution >= 4 is 5.97 Å². The van der Waals surface area contributed by atoms with Crippen LogP contribution in [0.5, 0.6) is 5.75 Å². The number of hydrogen-bond donors (Lipinski definition) is 2. The molecule has 0 aromatic heterocycles. The molecular formula is C18H29NO3. The second-order valence-corrected chi connectivity index (χ2v) is 5.55. The van der Waals surface area contributed by atoms with Crippen molar-refractivity contribution in [1.82, 2.24) is 5.32 Å². The molecule has 22 heavy (non-hydrogen) atoms. The fourth-order valence-corrected chi connectivity index (χ4v) is 2.24. The Morgan fingerprint density at radius 3 is 2.32 bits per heavy atom. The highest BCUT2D eigenvalue weighted by atomic mass is 16.5. The second-order valence-electron chi connectivity index (χ2n) is 5.55. The lowest BCUT2D eigenvalue weighted by Gasteiger charge is -2.07. The normalized spacial score (nSPS) is 10.6. The maximum absolute atomic E-state index is 10.7. The van der Waals surface area contributed by atoms with Crippen LogP contribution in [0, 0.1) is 0 Å². The number of ether oxygens (including phenoxy) is 1. The van der Waals surface area contributed by atoms with Gasteiger partial charge in [0, 0.05) is 0 Å². The van der Waals surface area contributed by atoms with E-state index in [0.717, 1.165) is 25.3 Å². The second kappa shape index (κ2) is 12.0. The predicted molar refractivity (Wildman–Crippen MR) is 89.8 cm³/mol. The topological polar surface area (TPSA) is 58.6 Å². The third-order valence-corrected chi connectivity index (χ3v) is 3.57. The zero-order chi connectivity index (χ0) is 16.0. The highest BCUT2D eigenvalue weighted by molar-refractivity contribution is 5.87. The van der Waals surface area contributed by atoms with Crippen molar-refractivity contribution in [2.24, 2.45) is 0 Å². The van der Waals surface area contributed by atoms with E-state index in [1.807, 2.05) is 0 Å². The molecule has 2 N–H and O–H groups in total. The van der Waals surface area contributed by atoms with E-state index < -0.39 is 5.97 Å². The highest BCUT2D eigenvalue weighted by Gasteiger charge is 2.01. The van der Waals surface area contributed by atoms with E-state index >= 15 is 0 Å². The summed E-state index contributed by atoms with van der Waals surface area (Å²) in [5, 5.41) is 12.2. The molecule has 0 bridgehead atoms. The number of carboxylic acid groups (broad SMARTS) is 1. The Kier molecular flexibility index (Phi) is 10.1. The molecule has 0 unspecified atom stereocenters. The predicted octanol–water partition coefficient (Wildman–Crippen LogP) is 4.10. The third-order valence-electron chi connectivity index (χ3n) is 3.57. The zero-order valence-corrected chi connectivity index (χ0v) is 13.6. The molecule has 0 saturated heterocycles. The van der Waals surface area contributed by atoms with E-state index in [1.54, 1.807) is 24.3 Å².